The van der Waals surface area contributed by atoms with Gasteiger partial charge < -0.3 is 9.64 Å². The van der Waals surface area contributed by atoms with Gasteiger partial charge in [-0.15, -0.1) is 0 Å². The summed E-state index contributed by atoms with van der Waals surface area (Å²) in [5.41, 5.74) is 2.19. The Morgan fingerprint density at radius 3 is 2.52 bits per heavy atom. The fraction of sp³-hybridized carbons (Fsp3) is 0.333. The van der Waals surface area contributed by atoms with Crippen molar-refractivity contribution in [2.24, 2.45) is 0 Å². The number of hydrogen-bond donors (Lipinski definition) is 1. The molecule has 136 valence electrons. The van der Waals surface area contributed by atoms with Crippen molar-refractivity contribution in [1.29, 1.82) is 0 Å². The van der Waals surface area contributed by atoms with E-state index in [0.29, 0.717) is 18.1 Å². The molecule has 0 spiro atoms. The zero-order valence-corrected chi connectivity index (χ0v) is 16.8. The predicted molar refractivity (Wildman–Crippen MR) is 102 cm³/mol. The van der Waals surface area contributed by atoms with Crippen molar-refractivity contribution >= 4 is 33.0 Å². The molecule has 0 heterocycles. The van der Waals surface area contributed by atoms with E-state index in [4.69, 9.17) is 27.9 Å². The normalized spacial score (nSPS) is 12.8. The van der Waals surface area contributed by atoms with Gasteiger partial charge in [-0.25, -0.2) is 8.42 Å². The molecule has 2 aromatic rings. The van der Waals surface area contributed by atoms with E-state index < -0.39 is 9.84 Å². The van der Waals surface area contributed by atoms with Gasteiger partial charge in [-0.2, -0.15) is 0 Å². The first-order valence-electron chi connectivity index (χ1n) is 7.85. The van der Waals surface area contributed by atoms with E-state index in [1.54, 1.807) is 13.2 Å². The number of sulfone groups is 1. The summed E-state index contributed by atoms with van der Waals surface area (Å²) < 4.78 is 30.5. The minimum Gasteiger partial charge on any atom is -0.496 e. The average Bonchev–Trinajstić information content (AvgIpc) is 2.55. The van der Waals surface area contributed by atoms with E-state index >= 15 is 0 Å². The zero-order chi connectivity index (χ0) is 18.6. The number of nitrogens with one attached hydrogen (secondary N) is 1. The molecule has 0 bridgehead atoms. The summed E-state index contributed by atoms with van der Waals surface area (Å²) in [4.78, 5) is 1.15. The second-order valence-electron chi connectivity index (χ2n) is 6.09. The Hall–Kier alpha value is -1.27. The van der Waals surface area contributed by atoms with E-state index in [9.17, 15) is 8.42 Å². The highest BCUT2D eigenvalue weighted by atomic mass is 35.5. The number of methoxy groups -OCH3 is 1. The van der Waals surface area contributed by atoms with Crippen molar-refractivity contribution in [2.45, 2.75) is 18.4 Å². The lowest BCUT2D eigenvalue weighted by molar-refractivity contribution is -0.891. The first kappa shape index (κ1) is 20.0. The van der Waals surface area contributed by atoms with Gasteiger partial charge in [0.05, 0.1) is 30.6 Å². The van der Waals surface area contributed by atoms with Gasteiger partial charge in [-0.3, -0.25) is 0 Å². The Bertz CT molecular complexity index is 853. The van der Waals surface area contributed by atoms with E-state index in [0.717, 1.165) is 21.8 Å². The van der Waals surface area contributed by atoms with E-state index in [2.05, 4.69) is 6.07 Å². The van der Waals surface area contributed by atoms with Gasteiger partial charge in [0.1, 0.15) is 18.0 Å². The van der Waals surface area contributed by atoms with E-state index in [1.165, 1.54) is 12.1 Å². The van der Waals surface area contributed by atoms with Gasteiger partial charge in [0.15, 0.2) is 9.84 Å². The molecule has 4 nitrogen and oxygen atoms in total. The topological polar surface area (TPSA) is 47.8 Å². The molecule has 0 radical (unpaired) electrons. The third kappa shape index (κ3) is 5.35. The molecule has 0 fully saturated rings. The van der Waals surface area contributed by atoms with Gasteiger partial charge in [0, 0.05) is 10.6 Å². The minimum absolute atomic E-state index is 0.00692. The number of rotatable bonds is 7. The van der Waals surface area contributed by atoms with E-state index in [-0.39, 0.29) is 15.7 Å². The molecule has 0 amide bonds. The van der Waals surface area contributed by atoms with Crippen LogP contribution in [0, 0.1) is 6.92 Å². The number of hydrogen-bond acceptors (Lipinski definition) is 3. The number of quaternary nitrogens is 1. The number of halogens is 2. The molecule has 1 N–H and O–H groups in total. The molecule has 0 aliphatic rings. The fourth-order valence-electron chi connectivity index (χ4n) is 2.59. The Balaban J connectivity index is 2.08. The molecule has 2 rings (SSSR count). The first-order chi connectivity index (χ1) is 11.7. The molecule has 0 aliphatic carbocycles. The summed E-state index contributed by atoms with van der Waals surface area (Å²) >= 11 is 11.9. The maximum Gasteiger partial charge on any atom is 0.185 e. The summed E-state index contributed by atoms with van der Waals surface area (Å²) in [6, 6.07) is 10.5. The SMILES string of the molecule is COc1ccc(C)cc1C[NH+](C)CCS(=O)(=O)c1cc(Cl)ccc1Cl. The van der Waals surface area contributed by atoms with Crippen LogP contribution >= 0.6 is 23.2 Å². The van der Waals surface area contributed by atoms with Crippen LogP contribution < -0.4 is 9.64 Å². The Kier molecular flexibility index (Phi) is 6.74. The van der Waals surface area contributed by atoms with Crippen LogP contribution in [0.1, 0.15) is 11.1 Å². The monoisotopic (exact) mass is 402 g/mol. The summed E-state index contributed by atoms with van der Waals surface area (Å²) in [7, 11) is 0.0961. The van der Waals surface area contributed by atoms with Gasteiger partial charge in [0.2, 0.25) is 0 Å². The van der Waals surface area contributed by atoms with Gasteiger partial charge in [0.25, 0.3) is 0 Å². The number of aryl methyl sites for hydroxylation is 1. The van der Waals surface area contributed by atoms with Crippen molar-refractivity contribution in [1.82, 2.24) is 0 Å². The van der Waals surface area contributed by atoms with Crippen LogP contribution in [0.2, 0.25) is 10.0 Å². The Morgan fingerprint density at radius 1 is 1.12 bits per heavy atom. The fourth-order valence-corrected chi connectivity index (χ4v) is 4.81. The largest absolute Gasteiger partial charge is 0.496 e. The second-order valence-corrected chi connectivity index (χ2v) is 9.01. The van der Waals surface area contributed by atoms with E-state index in [1.807, 2.05) is 26.1 Å². The van der Waals surface area contributed by atoms with Crippen molar-refractivity contribution in [3.05, 3.63) is 57.6 Å². The zero-order valence-electron chi connectivity index (χ0n) is 14.5. The van der Waals surface area contributed by atoms with Crippen LogP contribution in [0.5, 0.6) is 5.75 Å². The molecule has 0 saturated carbocycles. The standard InChI is InChI=1S/C18H21Cl2NO3S/c1-13-4-7-17(24-3)14(10-13)12-21(2)8-9-25(22,23)18-11-15(19)5-6-16(18)20/h4-7,10-11H,8-9,12H2,1-3H3/p+1. The highest BCUT2D eigenvalue weighted by Crippen LogP contribution is 2.25. The summed E-state index contributed by atoms with van der Waals surface area (Å²) in [6.07, 6.45) is 0. The minimum atomic E-state index is -3.49. The van der Waals surface area contributed by atoms with Crippen LogP contribution in [0.4, 0.5) is 0 Å². The highest BCUT2D eigenvalue weighted by molar-refractivity contribution is 7.91. The molecule has 25 heavy (non-hydrogen) atoms. The average molecular weight is 403 g/mol. The molecule has 0 aliphatic heterocycles. The molecule has 0 aromatic heterocycles. The van der Waals surface area contributed by atoms with Gasteiger partial charge in [-0.05, 0) is 37.3 Å². The van der Waals surface area contributed by atoms with Crippen LogP contribution in [0.3, 0.4) is 0 Å². The molecule has 2 aromatic carbocycles. The van der Waals surface area contributed by atoms with Crippen LogP contribution in [0.15, 0.2) is 41.3 Å². The Labute approximate surface area is 159 Å². The first-order valence-corrected chi connectivity index (χ1v) is 10.3. The predicted octanol–water partition coefficient (Wildman–Crippen LogP) is 2.80. The van der Waals surface area contributed by atoms with Crippen molar-refractivity contribution in [2.75, 3.05) is 26.5 Å². The number of benzene rings is 2. The number of ether oxygens (including phenoxy) is 1. The quantitative estimate of drug-likeness (QED) is 0.774. The molecular formula is C18H22Cl2NO3S+. The molecular weight excluding hydrogens is 381 g/mol. The molecule has 7 heteroatoms. The summed E-state index contributed by atoms with van der Waals surface area (Å²) in [5.74, 6) is 0.804. The lowest BCUT2D eigenvalue weighted by atomic mass is 10.1. The Morgan fingerprint density at radius 2 is 1.84 bits per heavy atom. The molecule has 1 atom stereocenters. The maximum absolute atomic E-state index is 12.6. The molecule has 0 saturated heterocycles. The van der Waals surface area contributed by atoms with Crippen molar-refractivity contribution in [3.8, 4) is 5.75 Å². The third-order valence-corrected chi connectivity index (χ3v) is 6.38. The van der Waals surface area contributed by atoms with Crippen molar-refractivity contribution in [3.63, 3.8) is 0 Å². The third-order valence-electron chi connectivity index (χ3n) is 3.95. The van der Waals surface area contributed by atoms with Crippen LogP contribution in [0.25, 0.3) is 0 Å². The lowest BCUT2D eigenvalue weighted by Crippen LogP contribution is -3.08. The van der Waals surface area contributed by atoms with Gasteiger partial charge >= 0.3 is 0 Å². The summed E-state index contributed by atoms with van der Waals surface area (Å²) in [5, 5.41) is 0.551. The highest BCUT2D eigenvalue weighted by Gasteiger charge is 2.21. The van der Waals surface area contributed by atoms with Crippen LogP contribution in [-0.4, -0.2) is 34.9 Å². The summed E-state index contributed by atoms with van der Waals surface area (Å²) in [6.45, 7) is 3.13. The smallest absolute Gasteiger partial charge is 0.185 e. The van der Waals surface area contributed by atoms with Crippen LogP contribution in [-0.2, 0) is 16.4 Å². The van der Waals surface area contributed by atoms with Crippen molar-refractivity contribution < 1.29 is 18.1 Å². The maximum atomic E-state index is 12.6. The second kappa shape index (κ2) is 8.41. The van der Waals surface area contributed by atoms with Gasteiger partial charge in [-0.1, -0.05) is 34.8 Å². The lowest BCUT2D eigenvalue weighted by Gasteiger charge is -2.17. The molecule has 1 unspecified atom stereocenters.